The minimum atomic E-state index is -3.55. The zero-order valence-electron chi connectivity index (χ0n) is 13.3. The SMILES string of the molecule is O=c1[nH]c2ccc(S(=O)(=O)N3CCC(OC4CCC4)CC3)cc2[nH]1. The van der Waals surface area contributed by atoms with E-state index < -0.39 is 10.0 Å². The van der Waals surface area contributed by atoms with E-state index in [2.05, 4.69) is 9.97 Å². The number of sulfonamides is 1. The maximum absolute atomic E-state index is 12.8. The van der Waals surface area contributed by atoms with Gasteiger partial charge in [0.05, 0.1) is 28.1 Å². The number of nitrogens with one attached hydrogen (secondary N) is 2. The summed E-state index contributed by atoms with van der Waals surface area (Å²) in [5.41, 5.74) is 0.768. The van der Waals surface area contributed by atoms with E-state index in [9.17, 15) is 13.2 Å². The van der Waals surface area contributed by atoms with Gasteiger partial charge in [0.15, 0.2) is 0 Å². The molecule has 1 aliphatic heterocycles. The Kier molecular flexibility index (Phi) is 3.98. The Morgan fingerprint density at radius 3 is 2.33 bits per heavy atom. The van der Waals surface area contributed by atoms with E-state index in [-0.39, 0.29) is 16.7 Å². The second-order valence-electron chi connectivity index (χ2n) is 6.58. The summed E-state index contributed by atoms with van der Waals surface area (Å²) >= 11 is 0. The molecule has 0 amide bonds. The number of piperidine rings is 1. The molecule has 1 aromatic heterocycles. The number of H-pyrrole nitrogens is 2. The maximum Gasteiger partial charge on any atom is 0.323 e. The lowest BCUT2D eigenvalue weighted by molar-refractivity contribution is -0.0674. The van der Waals surface area contributed by atoms with Gasteiger partial charge in [0.2, 0.25) is 10.0 Å². The van der Waals surface area contributed by atoms with Crippen LogP contribution < -0.4 is 5.69 Å². The summed E-state index contributed by atoms with van der Waals surface area (Å²) in [5.74, 6) is 0. The summed E-state index contributed by atoms with van der Waals surface area (Å²) in [5, 5.41) is 0. The monoisotopic (exact) mass is 351 g/mol. The van der Waals surface area contributed by atoms with Gasteiger partial charge < -0.3 is 14.7 Å². The van der Waals surface area contributed by atoms with Gasteiger partial charge in [-0.25, -0.2) is 13.2 Å². The number of ether oxygens (including phenoxy) is 1. The summed E-state index contributed by atoms with van der Waals surface area (Å²) in [4.78, 5) is 16.7. The van der Waals surface area contributed by atoms with E-state index in [4.69, 9.17) is 4.74 Å². The normalized spacial score (nSPS) is 21.2. The van der Waals surface area contributed by atoms with Crippen molar-refractivity contribution in [1.82, 2.24) is 14.3 Å². The lowest BCUT2D eigenvalue weighted by atomic mass is 9.95. The molecule has 0 bridgehead atoms. The van der Waals surface area contributed by atoms with Gasteiger partial charge in [-0.05, 0) is 50.3 Å². The van der Waals surface area contributed by atoms with Gasteiger partial charge in [0.25, 0.3) is 0 Å². The number of aromatic amines is 2. The van der Waals surface area contributed by atoms with Gasteiger partial charge >= 0.3 is 5.69 Å². The highest BCUT2D eigenvalue weighted by Crippen LogP contribution is 2.28. The molecule has 2 N–H and O–H groups in total. The summed E-state index contributed by atoms with van der Waals surface area (Å²) < 4.78 is 33.1. The quantitative estimate of drug-likeness (QED) is 0.874. The Labute approximate surface area is 140 Å². The van der Waals surface area contributed by atoms with E-state index in [1.165, 1.54) is 16.8 Å². The average Bonchev–Trinajstić information content (AvgIpc) is 2.90. The van der Waals surface area contributed by atoms with E-state index in [1.54, 1.807) is 12.1 Å². The van der Waals surface area contributed by atoms with Crippen LogP contribution in [0.1, 0.15) is 32.1 Å². The molecule has 2 fully saturated rings. The molecule has 2 heterocycles. The van der Waals surface area contributed by atoms with Crippen LogP contribution in [0.4, 0.5) is 0 Å². The van der Waals surface area contributed by atoms with Crippen molar-refractivity contribution in [2.75, 3.05) is 13.1 Å². The second kappa shape index (κ2) is 6.02. The molecule has 1 aromatic carbocycles. The smallest absolute Gasteiger partial charge is 0.323 e. The van der Waals surface area contributed by atoms with E-state index in [1.807, 2.05) is 0 Å². The Morgan fingerprint density at radius 1 is 1.00 bits per heavy atom. The van der Waals surface area contributed by atoms with Gasteiger partial charge in [-0.2, -0.15) is 4.31 Å². The molecule has 1 aliphatic carbocycles. The number of hydrogen-bond acceptors (Lipinski definition) is 4. The molecular weight excluding hydrogens is 330 g/mol. The van der Waals surface area contributed by atoms with Gasteiger partial charge in [-0.1, -0.05) is 0 Å². The first kappa shape index (κ1) is 15.9. The third-order valence-electron chi connectivity index (χ3n) is 4.96. The molecule has 2 aliphatic rings. The standard InChI is InChI=1S/C16H21N3O4S/c20-16-17-14-5-4-13(10-15(14)18-16)24(21,22)19-8-6-12(7-9-19)23-11-2-1-3-11/h4-5,10-12H,1-3,6-9H2,(H2,17,18,20). The van der Waals surface area contributed by atoms with Crippen LogP contribution in [0.3, 0.4) is 0 Å². The first-order chi connectivity index (χ1) is 11.5. The lowest BCUT2D eigenvalue weighted by Crippen LogP contribution is -2.42. The van der Waals surface area contributed by atoms with Crippen molar-refractivity contribution in [3.63, 3.8) is 0 Å². The molecule has 2 aromatic rings. The molecule has 8 heteroatoms. The highest BCUT2D eigenvalue weighted by Gasteiger charge is 2.31. The zero-order valence-corrected chi connectivity index (χ0v) is 14.1. The molecular formula is C16H21N3O4S. The van der Waals surface area contributed by atoms with E-state index in [0.717, 1.165) is 25.7 Å². The first-order valence-corrected chi connectivity index (χ1v) is 9.84. The van der Waals surface area contributed by atoms with Gasteiger partial charge in [-0.3, -0.25) is 0 Å². The fourth-order valence-electron chi connectivity index (χ4n) is 3.31. The van der Waals surface area contributed by atoms with Crippen molar-refractivity contribution in [3.05, 3.63) is 28.7 Å². The van der Waals surface area contributed by atoms with Crippen molar-refractivity contribution in [1.29, 1.82) is 0 Å². The molecule has 130 valence electrons. The van der Waals surface area contributed by atoms with Crippen LogP contribution in [0, 0.1) is 0 Å². The van der Waals surface area contributed by atoms with Gasteiger partial charge in [0.1, 0.15) is 0 Å². The molecule has 1 saturated heterocycles. The highest BCUT2D eigenvalue weighted by atomic mass is 32.2. The largest absolute Gasteiger partial charge is 0.375 e. The molecule has 7 nitrogen and oxygen atoms in total. The van der Waals surface area contributed by atoms with Crippen LogP contribution in [0.2, 0.25) is 0 Å². The molecule has 1 saturated carbocycles. The zero-order chi connectivity index (χ0) is 16.7. The Bertz CT molecular complexity index is 889. The minimum absolute atomic E-state index is 0.172. The van der Waals surface area contributed by atoms with Crippen molar-refractivity contribution in [2.24, 2.45) is 0 Å². The maximum atomic E-state index is 12.8. The summed E-state index contributed by atoms with van der Waals surface area (Å²) in [6.45, 7) is 0.947. The number of imidazole rings is 1. The Morgan fingerprint density at radius 2 is 1.67 bits per heavy atom. The number of rotatable bonds is 4. The Hall–Kier alpha value is -1.64. The molecule has 0 spiro atoms. The van der Waals surface area contributed by atoms with Crippen molar-refractivity contribution >= 4 is 21.1 Å². The predicted molar refractivity (Wildman–Crippen MR) is 89.4 cm³/mol. The lowest BCUT2D eigenvalue weighted by Gasteiger charge is -2.35. The molecule has 0 atom stereocenters. The number of benzene rings is 1. The fourth-order valence-corrected chi connectivity index (χ4v) is 4.81. The second-order valence-corrected chi connectivity index (χ2v) is 8.52. The number of nitrogens with zero attached hydrogens (tertiary/aromatic N) is 1. The van der Waals surface area contributed by atoms with Crippen LogP contribution in [-0.4, -0.2) is 48.0 Å². The predicted octanol–water partition coefficient (Wildman–Crippen LogP) is 1.58. The summed E-state index contributed by atoms with van der Waals surface area (Å²) in [6.07, 6.45) is 5.52. The first-order valence-electron chi connectivity index (χ1n) is 8.40. The van der Waals surface area contributed by atoms with E-state index in [0.29, 0.717) is 30.2 Å². The van der Waals surface area contributed by atoms with Crippen LogP contribution in [0.25, 0.3) is 11.0 Å². The molecule has 24 heavy (non-hydrogen) atoms. The van der Waals surface area contributed by atoms with Gasteiger partial charge in [0, 0.05) is 13.1 Å². The van der Waals surface area contributed by atoms with E-state index >= 15 is 0 Å². The minimum Gasteiger partial charge on any atom is -0.375 e. The number of aromatic nitrogens is 2. The molecule has 0 radical (unpaired) electrons. The molecule has 4 rings (SSSR count). The van der Waals surface area contributed by atoms with Crippen molar-refractivity contribution in [2.45, 2.75) is 49.2 Å². The fraction of sp³-hybridized carbons (Fsp3) is 0.562. The van der Waals surface area contributed by atoms with Gasteiger partial charge in [-0.15, -0.1) is 0 Å². The summed E-state index contributed by atoms with van der Waals surface area (Å²) in [7, 11) is -3.55. The third-order valence-corrected chi connectivity index (χ3v) is 6.86. The summed E-state index contributed by atoms with van der Waals surface area (Å²) in [6, 6.07) is 4.67. The average molecular weight is 351 g/mol. The van der Waals surface area contributed by atoms with Crippen LogP contribution in [0.15, 0.2) is 27.9 Å². The Balaban J connectivity index is 1.48. The number of hydrogen-bond donors (Lipinski definition) is 2. The van der Waals surface area contributed by atoms with Crippen LogP contribution in [-0.2, 0) is 14.8 Å². The molecule has 0 unspecified atom stereocenters. The van der Waals surface area contributed by atoms with Crippen molar-refractivity contribution in [3.8, 4) is 0 Å². The third kappa shape index (κ3) is 2.89. The van der Waals surface area contributed by atoms with Crippen LogP contribution >= 0.6 is 0 Å². The highest BCUT2D eigenvalue weighted by molar-refractivity contribution is 7.89. The van der Waals surface area contributed by atoms with Crippen LogP contribution in [0.5, 0.6) is 0 Å². The topological polar surface area (TPSA) is 95.3 Å². The number of fused-ring (bicyclic) bond motifs is 1. The van der Waals surface area contributed by atoms with Crippen molar-refractivity contribution < 1.29 is 13.2 Å².